The predicted octanol–water partition coefficient (Wildman–Crippen LogP) is 9.91. The number of nitrogens with one attached hydrogen (secondary N) is 2. The first kappa shape index (κ1) is 44.9. The number of hydrogen-bond donors (Lipinski definition) is 2. The van der Waals surface area contributed by atoms with E-state index < -0.39 is 17.4 Å². The Labute approximate surface area is 309 Å². The van der Waals surface area contributed by atoms with E-state index in [2.05, 4.69) is 96.5 Å². The van der Waals surface area contributed by atoms with Crippen LogP contribution in [0.15, 0.2) is 91.1 Å². The SMILES string of the molecule is CCC=CCC=CCC=CCC=CCC=CCC=CCCC(=O)NC(CCCCNC(=O)C(C)(C)CCCOc1cc(C)ccc1C)C(=O)OC. The van der Waals surface area contributed by atoms with Crippen LogP contribution in [0.1, 0.15) is 115 Å². The van der Waals surface area contributed by atoms with Crippen molar-refractivity contribution in [3.63, 3.8) is 0 Å². The monoisotopic (exact) mass is 702 g/mol. The predicted molar refractivity (Wildman–Crippen MR) is 213 cm³/mol. The molecule has 0 saturated carbocycles. The van der Waals surface area contributed by atoms with Crippen molar-refractivity contribution >= 4 is 17.8 Å². The zero-order chi connectivity index (χ0) is 37.6. The molecule has 1 unspecified atom stereocenters. The van der Waals surface area contributed by atoms with Gasteiger partial charge in [0.1, 0.15) is 11.8 Å². The quantitative estimate of drug-likeness (QED) is 0.0541. The number of carbonyl (C=O) groups is 3. The number of methoxy groups -OCH3 is 1. The van der Waals surface area contributed by atoms with E-state index in [9.17, 15) is 14.4 Å². The molecule has 7 heteroatoms. The fourth-order valence-electron chi connectivity index (χ4n) is 5.10. The number of benzene rings is 1. The largest absolute Gasteiger partial charge is 0.493 e. The van der Waals surface area contributed by atoms with E-state index >= 15 is 0 Å². The summed E-state index contributed by atoms with van der Waals surface area (Å²) in [4.78, 5) is 37.6. The van der Waals surface area contributed by atoms with Crippen molar-refractivity contribution in [1.82, 2.24) is 10.6 Å². The summed E-state index contributed by atoms with van der Waals surface area (Å²) in [5.74, 6) is 0.261. The molecule has 0 aliphatic heterocycles. The van der Waals surface area contributed by atoms with Gasteiger partial charge in [-0.2, -0.15) is 0 Å². The Hall–Kier alpha value is -4.13. The molecule has 7 nitrogen and oxygen atoms in total. The first-order valence-electron chi connectivity index (χ1n) is 18.9. The van der Waals surface area contributed by atoms with Gasteiger partial charge in [-0.05, 0) is 108 Å². The van der Waals surface area contributed by atoms with Gasteiger partial charge in [0.2, 0.25) is 11.8 Å². The standard InChI is InChI=1S/C44H66N2O5/c1-7-8-9-10-11-12-13-14-15-16-17-18-19-20-21-22-23-24-25-30-41(47)46-39(42(48)50-6)29-26-27-34-45-43(49)44(4,5)33-28-35-51-40-36-37(2)31-32-38(40)3/h8-9,11-12,14-15,17-18,20-21,23-24,31-32,36,39H,7,10,13,16,19,22,25-30,33-35H2,1-6H3,(H,45,49)(H,46,47). The van der Waals surface area contributed by atoms with E-state index in [1.807, 2.05) is 39.8 Å². The molecule has 1 aromatic rings. The zero-order valence-corrected chi connectivity index (χ0v) is 32.4. The second-order valence-electron chi connectivity index (χ2n) is 13.5. The number of carbonyl (C=O) groups excluding carboxylic acids is 3. The summed E-state index contributed by atoms with van der Waals surface area (Å²) in [6.07, 6.45) is 35.7. The van der Waals surface area contributed by atoms with Crippen LogP contribution in [-0.2, 0) is 19.1 Å². The van der Waals surface area contributed by atoms with E-state index in [-0.39, 0.29) is 11.8 Å². The molecular weight excluding hydrogens is 636 g/mol. The van der Waals surface area contributed by atoms with E-state index in [4.69, 9.17) is 9.47 Å². The average molecular weight is 703 g/mol. The number of hydrogen-bond acceptors (Lipinski definition) is 5. The highest BCUT2D eigenvalue weighted by molar-refractivity contribution is 5.84. The van der Waals surface area contributed by atoms with Crippen molar-refractivity contribution in [2.24, 2.45) is 5.41 Å². The topological polar surface area (TPSA) is 93.7 Å². The van der Waals surface area contributed by atoms with Gasteiger partial charge in [0.05, 0.1) is 13.7 Å². The molecule has 2 N–H and O–H groups in total. The molecule has 0 aliphatic rings. The van der Waals surface area contributed by atoms with Gasteiger partial charge in [0.15, 0.2) is 0 Å². The molecule has 1 atom stereocenters. The van der Waals surface area contributed by atoms with Gasteiger partial charge in [-0.3, -0.25) is 9.59 Å². The summed E-state index contributed by atoms with van der Waals surface area (Å²) in [5, 5.41) is 5.85. The van der Waals surface area contributed by atoms with Crippen LogP contribution in [0.3, 0.4) is 0 Å². The van der Waals surface area contributed by atoms with Crippen LogP contribution in [0.2, 0.25) is 0 Å². The summed E-state index contributed by atoms with van der Waals surface area (Å²) in [7, 11) is 1.33. The van der Waals surface area contributed by atoms with Crippen molar-refractivity contribution in [3.8, 4) is 5.75 Å². The maximum absolute atomic E-state index is 12.8. The maximum atomic E-state index is 12.8. The number of rotatable bonds is 27. The normalized spacial score (nSPS) is 13.0. The molecule has 0 aromatic heterocycles. The lowest BCUT2D eigenvalue weighted by Crippen LogP contribution is -2.41. The van der Waals surface area contributed by atoms with Gasteiger partial charge in [0.25, 0.3) is 0 Å². The Morgan fingerprint density at radius 2 is 1.35 bits per heavy atom. The van der Waals surface area contributed by atoms with Crippen LogP contribution in [0, 0.1) is 19.3 Å². The first-order valence-corrected chi connectivity index (χ1v) is 18.9. The number of aryl methyl sites for hydroxylation is 2. The van der Waals surface area contributed by atoms with Crippen molar-refractivity contribution in [3.05, 3.63) is 102 Å². The molecule has 0 radical (unpaired) electrons. The van der Waals surface area contributed by atoms with Crippen LogP contribution in [0.4, 0.5) is 0 Å². The molecule has 1 aromatic carbocycles. The fourth-order valence-corrected chi connectivity index (χ4v) is 5.10. The number of esters is 1. The molecule has 0 saturated heterocycles. The number of allylic oxidation sites excluding steroid dienone is 12. The molecule has 0 heterocycles. The van der Waals surface area contributed by atoms with Gasteiger partial charge >= 0.3 is 5.97 Å². The molecule has 0 spiro atoms. The number of unbranched alkanes of at least 4 members (excludes halogenated alkanes) is 1. The molecule has 0 fully saturated rings. The zero-order valence-electron chi connectivity index (χ0n) is 32.4. The number of amides is 2. The molecule has 0 bridgehead atoms. The van der Waals surface area contributed by atoms with Gasteiger partial charge in [-0.15, -0.1) is 0 Å². The van der Waals surface area contributed by atoms with Gasteiger partial charge in [-0.25, -0.2) is 4.79 Å². The van der Waals surface area contributed by atoms with Crippen LogP contribution < -0.4 is 15.4 Å². The molecule has 1 rings (SSSR count). The second-order valence-corrected chi connectivity index (χ2v) is 13.5. The minimum Gasteiger partial charge on any atom is -0.493 e. The molecule has 2 amide bonds. The van der Waals surface area contributed by atoms with Crippen molar-refractivity contribution < 1.29 is 23.9 Å². The lowest BCUT2D eigenvalue weighted by atomic mass is 9.87. The number of ether oxygens (including phenoxy) is 2. The summed E-state index contributed by atoms with van der Waals surface area (Å²) < 4.78 is 10.9. The van der Waals surface area contributed by atoms with Crippen molar-refractivity contribution in [2.75, 3.05) is 20.3 Å². The Morgan fingerprint density at radius 1 is 0.784 bits per heavy atom. The third-order valence-electron chi connectivity index (χ3n) is 8.32. The minimum atomic E-state index is -0.697. The lowest BCUT2D eigenvalue weighted by molar-refractivity contribution is -0.145. The summed E-state index contributed by atoms with van der Waals surface area (Å²) in [6.45, 7) is 11.2. The van der Waals surface area contributed by atoms with Crippen molar-refractivity contribution in [1.29, 1.82) is 0 Å². The highest BCUT2D eigenvalue weighted by atomic mass is 16.5. The Bertz CT molecular complexity index is 1320. The lowest BCUT2D eigenvalue weighted by Gasteiger charge is -2.24. The van der Waals surface area contributed by atoms with Gasteiger partial charge < -0.3 is 20.1 Å². The third-order valence-corrected chi connectivity index (χ3v) is 8.32. The summed E-state index contributed by atoms with van der Waals surface area (Å²) in [6, 6.07) is 5.46. The second kappa shape index (κ2) is 28.6. The Morgan fingerprint density at radius 3 is 1.92 bits per heavy atom. The highest BCUT2D eigenvalue weighted by Crippen LogP contribution is 2.24. The van der Waals surface area contributed by atoms with Crippen LogP contribution >= 0.6 is 0 Å². The van der Waals surface area contributed by atoms with Gasteiger partial charge in [-0.1, -0.05) is 106 Å². The highest BCUT2D eigenvalue weighted by Gasteiger charge is 2.27. The summed E-state index contributed by atoms with van der Waals surface area (Å²) in [5.41, 5.74) is 1.75. The van der Waals surface area contributed by atoms with Crippen LogP contribution in [0.5, 0.6) is 5.75 Å². The summed E-state index contributed by atoms with van der Waals surface area (Å²) >= 11 is 0. The smallest absolute Gasteiger partial charge is 0.328 e. The van der Waals surface area contributed by atoms with Crippen molar-refractivity contribution in [2.45, 2.75) is 124 Å². The van der Waals surface area contributed by atoms with Crippen LogP contribution in [0.25, 0.3) is 0 Å². The van der Waals surface area contributed by atoms with E-state index in [0.717, 1.165) is 61.8 Å². The van der Waals surface area contributed by atoms with E-state index in [1.54, 1.807) is 0 Å². The van der Waals surface area contributed by atoms with Gasteiger partial charge in [0, 0.05) is 18.4 Å². The fraction of sp³-hybridized carbons (Fsp3) is 0.523. The molecule has 282 valence electrons. The molecule has 51 heavy (non-hydrogen) atoms. The Balaban J connectivity index is 2.22. The van der Waals surface area contributed by atoms with E-state index in [0.29, 0.717) is 51.7 Å². The Kier molecular flexibility index (Phi) is 25.1. The molecular formula is C44H66N2O5. The average Bonchev–Trinajstić information content (AvgIpc) is 3.11. The van der Waals surface area contributed by atoms with Crippen LogP contribution in [-0.4, -0.2) is 44.1 Å². The first-order chi connectivity index (χ1) is 24.6. The van der Waals surface area contributed by atoms with E-state index in [1.165, 1.54) is 7.11 Å². The third kappa shape index (κ3) is 23.1. The molecule has 0 aliphatic carbocycles. The maximum Gasteiger partial charge on any atom is 0.328 e. The minimum absolute atomic E-state index is 0.00135.